The third-order valence-corrected chi connectivity index (χ3v) is 6.84. The van der Waals surface area contributed by atoms with Crippen molar-refractivity contribution in [2.75, 3.05) is 6.67 Å². The zero-order chi connectivity index (χ0) is 21.3. The zero-order valence-electron chi connectivity index (χ0n) is 17.8. The molecule has 2 fully saturated rings. The van der Waals surface area contributed by atoms with Gasteiger partial charge < -0.3 is 15.5 Å². The molecule has 4 rings (SSSR count). The number of alkyl halides is 1. The summed E-state index contributed by atoms with van der Waals surface area (Å²) in [7, 11) is 0. The number of hydrogen-bond donors (Lipinski definition) is 2. The Balaban J connectivity index is 1.46. The maximum absolute atomic E-state index is 13.0. The maximum Gasteiger partial charge on any atom is 0.255 e. The lowest BCUT2D eigenvalue weighted by Gasteiger charge is -2.34. The minimum Gasteiger partial charge on any atom is -0.329 e. The molecule has 1 aromatic rings. The first-order chi connectivity index (χ1) is 14.5. The molecule has 1 saturated heterocycles. The average molecular weight is 414 g/mol. The Morgan fingerprint density at radius 2 is 2.07 bits per heavy atom. The molecule has 5 nitrogen and oxygen atoms in total. The van der Waals surface area contributed by atoms with Crippen molar-refractivity contribution in [1.29, 1.82) is 0 Å². The summed E-state index contributed by atoms with van der Waals surface area (Å²) in [5.74, 6) is 0.290. The number of fused-ring (bicyclic) bond motifs is 1. The number of amides is 2. The first-order valence-electron chi connectivity index (χ1n) is 11.2. The normalized spacial score (nSPS) is 27.7. The fourth-order valence-corrected chi connectivity index (χ4v) is 5.22. The van der Waals surface area contributed by atoms with Crippen LogP contribution in [0.4, 0.5) is 4.39 Å². The third kappa shape index (κ3) is 4.29. The van der Waals surface area contributed by atoms with Crippen LogP contribution < -0.4 is 10.6 Å². The summed E-state index contributed by atoms with van der Waals surface area (Å²) in [5.41, 5.74) is 3.66. The highest BCUT2D eigenvalue weighted by Gasteiger charge is 2.38. The first kappa shape index (κ1) is 21.0. The minimum absolute atomic E-state index is 0.0572. The van der Waals surface area contributed by atoms with Gasteiger partial charge in [-0.1, -0.05) is 31.6 Å². The number of rotatable bonds is 6. The first-order valence-corrected chi connectivity index (χ1v) is 11.2. The number of nitrogens with one attached hydrogen (secondary N) is 2. The standard InChI is InChI=1S/C24H32FN3O2/c1-15-7-10-22(23(29)27-15)28-14-19-12-17(8-9-20(19)24(28)30)11-18-5-3-4-6-21(18)26-16(2)13-25/h8-9,12,16,18,21-22,26H,1,3-7,10-11,13-14H2,2H3,(H,27,29)/t16?,18-,21+,22?/m1/s1. The molecule has 162 valence electrons. The van der Waals surface area contributed by atoms with Crippen molar-refractivity contribution in [3.05, 3.63) is 47.2 Å². The van der Waals surface area contributed by atoms with E-state index in [9.17, 15) is 14.0 Å². The molecular weight excluding hydrogens is 381 g/mol. The molecule has 1 aliphatic carbocycles. The lowest BCUT2D eigenvalue weighted by molar-refractivity contribution is -0.126. The van der Waals surface area contributed by atoms with Crippen LogP contribution in [0.2, 0.25) is 0 Å². The molecule has 0 spiro atoms. The smallest absolute Gasteiger partial charge is 0.255 e. The van der Waals surface area contributed by atoms with Gasteiger partial charge >= 0.3 is 0 Å². The molecule has 2 N–H and O–H groups in total. The number of allylic oxidation sites excluding steroid dienone is 1. The van der Waals surface area contributed by atoms with Crippen LogP contribution in [0.1, 0.15) is 66.9 Å². The van der Waals surface area contributed by atoms with Crippen LogP contribution in [0, 0.1) is 5.92 Å². The van der Waals surface area contributed by atoms with Crippen LogP contribution in [-0.2, 0) is 17.8 Å². The monoisotopic (exact) mass is 413 g/mol. The number of nitrogens with zero attached hydrogens (tertiary/aromatic N) is 1. The molecule has 0 aromatic heterocycles. The highest BCUT2D eigenvalue weighted by Crippen LogP contribution is 2.32. The van der Waals surface area contributed by atoms with Gasteiger partial charge in [0.25, 0.3) is 5.91 Å². The topological polar surface area (TPSA) is 61.4 Å². The van der Waals surface area contributed by atoms with Crippen LogP contribution in [0.3, 0.4) is 0 Å². The van der Waals surface area contributed by atoms with E-state index in [1.54, 1.807) is 4.90 Å². The molecule has 1 saturated carbocycles. The van der Waals surface area contributed by atoms with E-state index in [0.29, 0.717) is 36.9 Å². The SMILES string of the molecule is C=C1CCC(N2Cc3cc(C[C@H]4CCCC[C@@H]4NC(C)CF)ccc3C2=O)C(=O)N1. The van der Waals surface area contributed by atoms with Gasteiger partial charge in [0.15, 0.2) is 0 Å². The van der Waals surface area contributed by atoms with Gasteiger partial charge in [0.2, 0.25) is 5.91 Å². The minimum atomic E-state index is -0.423. The van der Waals surface area contributed by atoms with E-state index in [0.717, 1.165) is 30.5 Å². The Bertz CT molecular complexity index is 840. The predicted molar refractivity (Wildman–Crippen MR) is 115 cm³/mol. The third-order valence-electron chi connectivity index (χ3n) is 6.84. The lowest BCUT2D eigenvalue weighted by atomic mass is 9.80. The van der Waals surface area contributed by atoms with Crippen LogP contribution in [-0.4, -0.2) is 41.5 Å². The van der Waals surface area contributed by atoms with Crippen LogP contribution in [0.15, 0.2) is 30.5 Å². The van der Waals surface area contributed by atoms with Crippen molar-refractivity contribution in [1.82, 2.24) is 15.5 Å². The van der Waals surface area contributed by atoms with Crippen LogP contribution in [0.25, 0.3) is 0 Å². The van der Waals surface area contributed by atoms with Crippen LogP contribution >= 0.6 is 0 Å². The lowest BCUT2D eigenvalue weighted by Crippen LogP contribution is -2.49. The van der Waals surface area contributed by atoms with Crippen molar-refractivity contribution < 1.29 is 14.0 Å². The van der Waals surface area contributed by atoms with Gasteiger partial charge in [-0.3, -0.25) is 9.59 Å². The Morgan fingerprint density at radius 1 is 1.27 bits per heavy atom. The molecule has 0 bridgehead atoms. The number of piperidine rings is 1. The van der Waals surface area contributed by atoms with Crippen molar-refractivity contribution in [3.8, 4) is 0 Å². The molecule has 2 unspecified atom stereocenters. The number of carbonyl (C=O) groups excluding carboxylic acids is 2. The summed E-state index contributed by atoms with van der Waals surface area (Å²) in [5, 5.41) is 6.25. The fourth-order valence-electron chi connectivity index (χ4n) is 5.22. The van der Waals surface area contributed by atoms with Gasteiger partial charge in [0.1, 0.15) is 12.7 Å². The van der Waals surface area contributed by atoms with Gasteiger partial charge in [0, 0.05) is 29.9 Å². The number of benzene rings is 1. The highest BCUT2D eigenvalue weighted by molar-refractivity contribution is 6.01. The van der Waals surface area contributed by atoms with E-state index in [1.165, 1.54) is 18.4 Å². The summed E-state index contributed by atoms with van der Waals surface area (Å²) in [6, 6.07) is 5.91. The van der Waals surface area contributed by atoms with Gasteiger partial charge in [-0.25, -0.2) is 4.39 Å². The molecule has 0 radical (unpaired) electrons. The quantitative estimate of drug-likeness (QED) is 0.751. The van der Waals surface area contributed by atoms with Crippen molar-refractivity contribution in [2.24, 2.45) is 5.92 Å². The van der Waals surface area contributed by atoms with E-state index in [2.05, 4.69) is 23.3 Å². The molecular formula is C24H32FN3O2. The second-order valence-corrected chi connectivity index (χ2v) is 9.15. The molecule has 30 heavy (non-hydrogen) atoms. The number of hydrogen-bond acceptors (Lipinski definition) is 3. The molecule has 2 amide bonds. The van der Waals surface area contributed by atoms with Crippen LogP contribution in [0.5, 0.6) is 0 Å². The predicted octanol–water partition coefficient (Wildman–Crippen LogP) is 3.48. The Morgan fingerprint density at radius 3 is 2.83 bits per heavy atom. The molecule has 1 aromatic carbocycles. The molecule has 4 atom stereocenters. The Labute approximate surface area is 178 Å². The second kappa shape index (κ2) is 8.88. The van der Waals surface area contributed by atoms with E-state index in [-0.39, 0.29) is 24.5 Å². The molecule has 6 heteroatoms. The van der Waals surface area contributed by atoms with Crippen molar-refractivity contribution in [2.45, 2.75) is 76.5 Å². The Hall–Kier alpha value is -2.21. The van der Waals surface area contributed by atoms with Gasteiger partial charge in [-0.05, 0) is 62.1 Å². The second-order valence-electron chi connectivity index (χ2n) is 9.15. The summed E-state index contributed by atoms with van der Waals surface area (Å²) < 4.78 is 13.0. The van der Waals surface area contributed by atoms with E-state index >= 15 is 0 Å². The summed E-state index contributed by atoms with van der Waals surface area (Å²) in [6.45, 7) is 5.86. The van der Waals surface area contributed by atoms with Crippen molar-refractivity contribution >= 4 is 11.8 Å². The van der Waals surface area contributed by atoms with Gasteiger partial charge in [-0.2, -0.15) is 0 Å². The van der Waals surface area contributed by atoms with Crippen molar-refractivity contribution in [3.63, 3.8) is 0 Å². The van der Waals surface area contributed by atoms with Gasteiger partial charge in [0.05, 0.1) is 0 Å². The number of carbonyl (C=O) groups is 2. The average Bonchev–Trinajstić information content (AvgIpc) is 3.05. The summed E-state index contributed by atoms with van der Waals surface area (Å²) >= 11 is 0. The maximum atomic E-state index is 13.0. The summed E-state index contributed by atoms with van der Waals surface area (Å²) in [4.78, 5) is 27.0. The largest absolute Gasteiger partial charge is 0.329 e. The van der Waals surface area contributed by atoms with Gasteiger partial charge in [-0.15, -0.1) is 0 Å². The molecule has 2 aliphatic heterocycles. The van der Waals surface area contributed by atoms with E-state index < -0.39 is 6.04 Å². The van der Waals surface area contributed by atoms with E-state index in [1.807, 2.05) is 19.1 Å². The summed E-state index contributed by atoms with van der Waals surface area (Å²) in [6.07, 6.45) is 6.90. The molecule has 3 aliphatic rings. The Kier molecular flexibility index (Phi) is 6.23. The fraction of sp³-hybridized carbons (Fsp3) is 0.583. The number of halogens is 1. The zero-order valence-corrected chi connectivity index (χ0v) is 17.8. The van der Waals surface area contributed by atoms with E-state index in [4.69, 9.17) is 0 Å². The highest BCUT2D eigenvalue weighted by atomic mass is 19.1. The molecule has 2 heterocycles.